The lowest BCUT2D eigenvalue weighted by Crippen LogP contribution is -2.18. The number of carbonyl (C=O) groups excluding carboxylic acids is 1. The number of anilines is 2. The Morgan fingerprint density at radius 3 is 2.62 bits per heavy atom. The maximum Gasteiger partial charge on any atom is 0.418 e. The second-order valence-electron chi connectivity index (χ2n) is 4.10. The van der Waals surface area contributed by atoms with Crippen LogP contribution in [0.4, 0.5) is 24.5 Å². The predicted molar refractivity (Wildman–Crippen MR) is 73.1 cm³/mol. The molecule has 3 N–H and O–H groups in total. The van der Waals surface area contributed by atoms with Crippen LogP contribution in [0, 0.1) is 0 Å². The highest BCUT2D eigenvalue weighted by Gasteiger charge is 2.34. The summed E-state index contributed by atoms with van der Waals surface area (Å²) in [6.07, 6.45) is -2.10. The first-order valence-electron chi connectivity index (χ1n) is 5.66. The molecular weight excluding hydrogens is 307 g/mol. The van der Waals surface area contributed by atoms with Gasteiger partial charge < -0.3 is 11.1 Å². The number of carbonyl (C=O) groups is 1. The number of pyridine rings is 1. The van der Waals surface area contributed by atoms with E-state index in [9.17, 15) is 18.0 Å². The summed E-state index contributed by atoms with van der Waals surface area (Å²) in [5.41, 5.74) is 4.24. The van der Waals surface area contributed by atoms with E-state index in [0.29, 0.717) is 0 Å². The van der Waals surface area contributed by atoms with Crippen LogP contribution in [0.15, 0.2) is 36.7 Å². The molecule has 110 valence electrons. The Morgan fingerprint density at radius 2 is 2.00 bits per heavy atom. The van der Waals surface area contributed by atoms with Crippen LogP contribution in [-0.4, -0.2) is 10.9 Å². The number of nitrogens with two attached hydrogens (primary N) is 1. The van der Waals surface area contributed by atoms with E-state index < -0.39 is 23.3 Å². The first kappa shape index (κ1) is 15.1. The molecule has 4 nitrogen and oxygen atoms in total. The van der Waals surface area contributed by atoms with Gasteiger partial charge in [-0.25, -0.2) is 0 Å². The predicted octanol–water partition coefficient (Wildman–Crippen LogP) is 3.59. The summed E-state index contributed by atoms with van der Waals surface area (Å²) >= 11 is 5.56. The van der Waals surface area contributed by atoms with Gasteiger partial charge in [0.25, 0.3) is 5.91 Å². The molecule has 0 spiro atoms. The van der Waals surface area contributed by atoms with Crippen molar-refractivity contribution in [2.45, 2.75) is 6.18 Å². The third-order valence-electron chi connectivity index (χ3n) is 2.63. The number of halogens is 4. The fourth-order valence-electron chi connectivity index (χ4n) is 1.64. The normalized spacial score (nSPS) is 11.2. The molecule has 0 unspecified atom stereocenters. The van der Waals surface area contributed by atoms with Crippen molar-refractivity contribution in [3.05, 3.63) is 52.8 Å². The molecule has 1 aromatic carbocycles. The van der Waals surface area contributed by atoms with Crippen molar-refractivity contribution in [3.63, 3.8) is 0 Å². The molecule has 0 aliphatic heterocycles. The highest BCUT2D eigenvalue weighted by atomic mass is 35.5. The van der Waals surface area contributed by atoms with Gasteiger partial charge >= 0.3 is 6.18 Å². The standard InChI is InChI=1S/C13H9ClF3N3O/c14-7-1-2-11(9(5-7)13(15,16)17)20-12(21)8-6-19-4-3-10(8)18/h1-6H,(H2,18,19)(H,20,21). The molecule has 0 aliphatic rings. The Labute approximate surface area is 122 Å². The van der Waals surface area contributed by atoms with E-state index in [2.05, 4.69) is 10.3 Å². The summed E-state index contributed by atoms with van der Waals surface area (Å²) in [6.45, 7) is 0. The molecule has 8 heteroatoms. The average Bonchev–Trinajstić information content (AvgIpc) is 2.40. The van der Waals surface area contributed by atoms with Gasteiger partial charge in [0, 0.05) is 23.1 Å². The van der Waals surface area contributed by atoms with Crippen LogP contribution in [-0.2, 0) is 6.18 Å². The van der Waals surface area contributed by atoms with Crippen molar-refractivity contribution in [2.75, 3.05) is 11.1 Å². The van der Waals surface area contributed by atoms with Gasteiger partial charge in [0.15, 0.2) is 0 Å². The largest absolute Gasteiger partial charge is 0.418 e. The summed E-state index contributed by atoms with van der Waals surface area (Å²) < 4.78 is 38.7. The Kier molecular flexibility index (Phi) is 4.04. The number of aromatic nitrogens is 1. The molecular formula is C13H9ClF3N3O. The van der Waals surface area contributed by atoms with Crippen molar-refractivity contribution in [3.8, 4) is 0 Å². The molecule has 1 amide bonds. The van der Waals surface area contributed by atoms with Gasteiger partial charge in [-0.3, -0.25) is 9.78 Å². The minimum atomic E-state index is -4.64. The van der Waals surface area contributed by atoms with Crippen LogP contribution < -0.4 is 11.1 Å². The molecule has 1 aromatic heterocycles. The fraction of sp³-hybridized carbons (Fsp3) is 0.0769. The highest BCUT2D eigenvalue weighted by Crippen LogP contribution is 2.36. The summed E-state index contributed by atoms with van der Waals surface area (Å²) in [6, 6.07) is 4.44. The topological polar surface area (TPSA) is 68.0 Å². The fourth-order valence-corrected chi connectivity index (χ4v) is 1.82. The van der Waals surface area contributed by atoms with Gasteiger partial charge in [0.05, 0.1) is 16.8 Å². The zero-order valence-corrected chi connectivity index (χ0v) is 11.2. The van der Waals surface area contributed by atoms with E-state index in [4.69, 9.17) is 17.3 Å². The molecule has 0 fully saturated rings. The smallest absolute Gasteiger partial charge is 0.398 e. The van der Waals surface area contributed by atoms with Gasteiger partial charge in [-0.2, -0.15) is 13.2 Å². The molecule has 0 aliphatic carbocycles. The van der Waals surface area contributed by atoms with Crippen LogP contribution in [0.1, 0.15) is 15.9 Å². The molecule has 0 radical (unpaired) electrons. The number of hydrogen-bond acceptors (Lipinski definition) is 3. The Bertz CT molecular complexity index is 689. The first-order chi connectivity index (χ1) is 9.79. The molecule has 0 bridgehead atoms. The number of rotatable bonds is 2. The minimum absolute atomic E-state index is 0.0134. The van der Waals surface area contributed by atoms with Crippen molar-refractivity contribution in [1.82, 2.24) is 4.98 Å². The van der Waals surface area contributed by atoms with Gasteiger partial charge in [0.2, 0.25) is 0 Å². The third kappa shape index (κ3) is 3.43. The monoisotopic (exact) mass is 315 g/mol. The van der Waals surface area contributed by atoms with Crippen molar-refractivity contribution < 1.29 is 18.0 Å². The minimum Gasteiger partial charge on any atom is -0.398 e. The van der Waals surface area contributed by atoms with Crippen molar-refractivity contribution in [1.29, 1.82) is 0 Å². The number of amides is 1. The number of nitrogens with one attached hydrogen (secondary N) is 1. The quantitative estimate of drug-likeness (QED) is 0.890. The Hall–Kier alpha value is -2.28. The SMILES string of the molecule is Nc1ccncc1C(=O)Nc1ccc(Cl)cc1C(F)(F)F. The van der Waals surface area contributed by atoms with Crippen LogP contribution in [0.25, 0.3) is 0 Å². The van der Waals surface area contributed by atoms with Gasteiger partial charge in [-0.1, -0.05) is 11.6 Å². The average molecular weight is 316 g/mol. The van der Waals surface area contributed by atoms with Gasteiger partial charge in [0.1, 0.15) is 0 Å². The van der Waals surface area contributed by atoms with Crippen LogP contribution in [0.3, 0.4) is 0 Å². The molecule has 1 heterocycles. The lowest BCUT2D eigenvalue weighted by atomic mass is 10.1. The highest BCUT2D eigenvalue weighted by molar-refractivity contribution is 6.30. The van der Waals surface area contributed by atoms with E-state index in [-0.39, 0.29) is 16.3 Å². The maximum atomic E-state index is 12.9. The van der Waals surface area contributed by atoms with Crippen molar-refractivity contribution >= 4 is 28.9 Å². The molecule has 2 aromatic rings. The molecule has 0 atom stereocenters. The van der Waals surface area contributed by atoms with E-state index in [1.54, 1.807) is 0 Å². The van der Waals surface area contributed by atoms with Crippen LogP contribution in [0.5, 0.6) is 0 Å². The van der Waals surface area contributed by atoms with E-state index in [1.165, 1.54) is 24.5 Å². The summed E-state index contributed by atoms with van der Waals surface area (Å²) in [4.78, 5) is 15.7. The van der Waals surface area contributed by atoms with Crippen LogP contribution in [0.2, 0.25) is 5.02 Å². The molecule has 2 rings (SSSR count). The first-order valence-corrected chi connectivity index (χ1v) is 6.04. The maximum absolute atomic E-state index is 12.9. The second-order valence-corrected chi connectivity index (χ2v) is 4.54. The lowest BCUT2D eigenvalue weighted by Gasteiger charge is -2.14. The third-order valence-corrected chi connectivity index (χ3v) is 2.87. The molecule has 0 saturated heterocycles. The lowest BCUT2D eigenvalue weighted by molar-refractivity contribution is -0.136. The van der Waals surface area contributed by atoms with Gasteiger partial charge in [-0.05, 0) is 24.3 Å². The Morgan fingerprint density at radius 1 is 1.29 bits per heavy atom. The zero-order valence-electron chi connectivity index (χ0n) is 10.4. The Balaban J connectivity index is 2.36. The van der Waals surface area contributed by atoms with Crippen molar-refractivity contribution in [2.24, 2.45) is 0 Å². The summed E-state index contributed by atoms with van der Waals surface area (Å²) in [5.74, 6) is -0.784. The molecule has 0 saturated carbocycles. The summed E-state index contributed by atoms with van der Waals surface area (Å²) in [7, 11) is 0. The van der Waals surface area contributed by atoms with Crippen LogP contribution >= 0.6 is 11.6 Å². The number of nitrogens with zero attached hydrogens (tertiary/aromatic N) is 1. The zero-order chi connectivity index (χ0) is 15.6. The van der Waals surface area contributed by atoms with Gasteiger partial charge in [-0.15, -0.1) is 0 Å². The van der Waals surface area contributed by atoms with E-state index in [1.807, 2.05) is 0 Å². The van der Waals surface area contributed by atoms with E-state index >= 15 is 0 Å². The number of alkyl halides is 3. The number of benzene rings is 1. The number of nitrogen functional groups attached to an aromatic ring is 1. The summed E-state index contributed by atoms with van der Waals surface area (Å²) in [5, 5.41) is 2.08. The molecule has 21 heavy (non-hydrogen) atoms. The second kappa shape index (κ2) is 5.61. The number of hydrogen-bond donors (Lipinski definition) is 2. The van der Waals surface area contributed by atoms with E-state index in [0.717, 1.165) is 12.1 Å².